The fourth-order valence-corrected chi connectivity index (χ4v) is 1.26. The molecule has 0 aliphatic heterocycles. The number of aromatic nitrogens is 1. The maximum Gasteiger partial charge on any atom is 0.137 e. The Balaban J connectivity index is 2.46. The van der Waals surface area contributed by atoms with Crippen LogP contribution in [0.25, 0.3) is 0 Å². The van der Waals surface area contributed by atoms with Crippen LogP contribution in [0.3, 0.4) is 0 Å². The van der Waals surface area contributed by atoms with Gasteiger partial charge in [0.15, 0.2) is 0 Å². The maximum absolute atomic E-state index is 11.4. The van der Waals surface area contributed by atoms with E-state index >= 15 is 0 Å². The lowest BCUT2D eigenvalue weighted by atomic mass is 10.0. The van der Waals surface area contributed by atoms with Crippen LogP contribution in [0.1, 0.15) is 25.8 Å². The number of ketones is 1. The lowest BCUT2D eigenvalue weighted by Gasteiger charge is -2.03. The quantitative estimate of drug-likeness (QED) is 0.706. The van der Waals surface area contributed by atoms with Gasteiger partial charge in [0.25, 0.3) is 0 Å². The average Bonchev–Trinajstić information content (AvgIpc) is 2.04. The van der Waals surface area contributed by atoms with Crippen LogP contribution in [-0.4, -0.2) is 10.8 Å². The zero-order chi connectivity index (χ0) is 9.68. The smallest absolute Gasteiger partial charge is 0.137 e. The van der Waals surface area contributed by atoms with Gasteiger partial charge in [0.05, 0.1) is 0 Å². The molecule has 0 aliphatic carbocycles. The number of carbonyl (C=O) groups is 1. The van der Waals surface area contributed by atoms with Gasteiger partial charge in [0.1, 0.15) is 5.78 Å². The highest BCUT2D eigenvalue weighted by Gasteiger charge is 2.05. The van der Waals surface area contributed by atoms with Crippen LogP contribution in [0.2, 0.25) is 0 Å². The highest BCUT2D eigenvalue weighted by atomic mass is 16.1. The second-order valence-electron chi connectivity index (χ2n) is 3.67. The Labute approximate surface area is 79.0 Å². The molecular formula is C11H15NO. The SMILES string of the molecule is CC(C)CC(=O)Cc1ccncc1. The van der Waals surface area contributed by atoms with Crippen LogP contribution in [0, 0.1) is 5.92 Å². The van der Waals surface area contributed by atoms with Crippen molar-refractivity contribution in [3.05, 3.63) is 30.1 Å². The monoisotopic (exact) mass is 177 g/mol. The molecule has 0 aromatic carbocycles. The van der Waals surface area contributed by atoms with Crippen molar-refractivity contribution < 1.29 is 4.79 Å². The molecule has 0 bridgehead atoms. The molecule has 0 N–H and O–H groups in total. The number of pyridine rings is 1. The van der Waals surface area contributed by atoms with E-state index in [4.69, 9.17) is 0 Å². The van der Waals surface area contributed by atoms with Gasteiger partial charge in [-0.3, -0.25) is 9.78 Å². The first kappa shape index (κ1) is 9.90. The molecule has 0 fully saturated rings. The van der Waals surface area contributed by atoms with Crippen molar-refractivity contribution in [3.8, 4) is 0 Å². The number of hydrogen-bond donors (Lipinski definition) is 0. The molecule has 70 valence electrons. The van der Waals surface area contributed by atoms with E-state index in [1.165, 1.54) is 0 Å². The summed E-state index contributed by atoms with van der Waals surface area (Å²) < 4.78 is 0. The zero-order valence-corrected chi connectivity index (χ0v) is 8.16. The number of Topliss-reactive ketones (excluding diaryl/α,β-unsaturated/α-hetero) is 1. The molecule has 1 heterocycles. The van der Waals surface area contributed by atoms with Crippen LogP contribution in [-0.2, 0) is 11.2 Å². The highest BCUT2D eigenvalue weighted by molar-refractivity contribution is 5.80. The van der Waals surface area contributed by atoms with E-state index < -0.39 is 0 Å². The molecule has 1 aromatic rings. The van der Waals surface area contributed by atoms with Crippen LogP contribution in [0.15, 0.2) is 24.5 Å². The molecule has 0 saturated carbocycles. The van der Waals surface area contributed by atoms with Crippen molar-refractivity contribution in [2.24, 2.45) is 5.92 Å². The van der Waals surface area contributed by atoms with Gasteiger partial charge in [0, 0.05) is 25.2 Å². The Morgan fingerprint density at radius 1 is 1.38 bits per heavy atom. The number of rotatable bonds is 4. The first-order valence-corrected chi connectivity index (χ1v) is 4.59. The molecule has 0 spiro atoms. The predicted octanol–water partition coefficient (Wildman–Crippen LogP) is 2.24. The molecule has 0 unspecified atom stereocenters. The molecule has 2 nitrogen and oxygen atoms in total. The van der Waals surface area contributed by atoms with Crippen molar-refractivity contribution in [2.45, 2.75) is 26.7 Å². The Hall–Kier alpha value is -1.18. The van der Waals surface area contributed by atoms with E-state index in [9.17, 15) is 4.79 Å². The summed E-state index contributed by atoms with van der Waals surface area (Å²) in [5, 5.41) is 0. The first-order valence-electron chi connectivity index (χ1n) is 4.59. The number of carbonyl (C=O) groups excluding carboxylic acids is 1. The summed E-state index contributed by atoms with van der Waals surface area (Å²) in [4.78, 5) is 15.3. The minimum Gasteiger partial charge on any atom is -0.299 e. The third-order valence-corrected chi connectivity index (χ3v) is 1.79. The largest absolute Gasteiger partial charge is 0.299 e. The lowest BCUT2D eigenvalue weighted by molar-refractivity contribution is -0.119. The Morgan fingerprint density at radius 2 is 2.00 bits per heavy atom. The summed E-state index contributed by atoms with van der Waals surface area (Å²) in [6.07, 6.45) is 4.65. The topological polar surface area (TPSA) is 30.0 Å². The van der Waals surface area contributed by atoms with Crippen LogP contribution in [0.4, 0.5) is 0 Å². The molecule has 1 aromatic heterocycles. The van der Waals surface area contributed by atoms with E-state index in [1.807, 2.05) is 12.1 Å². The Bertz CT molecular complexity index is 267. The summed E-state index contributed by atoms with van der Waals surface area (Å²) >= 11 is 0. The lowest BCUT2D eigenvalue weighted by Crippen LogP contribution is -2.06. The molecule has 0 saturated heterocycles. The summed E-state index contributed by atoms with van der Waals surface area (Å²) in [5.74, 6) is 0.760. The average molecular weight is 177 g/mol. The Morgan fingerprint density at radius 3 is 2.54 bits per heavy atom. The molecule has 2 heteroatoms. The van der Waals surface area contributed by atoms with Gasteiger partial charge in [-0.2, -0.15) is 0 Å². The van der Waals surface area contributed by atoms with Crippen LogP contribution in [0.5, 0.6) is 0 Å². The standard InChI is InChI=1S/C11H15NO/c1-9(2)7-11(13)8-10-3-5-12-6-4-10/h3-6,9H,7-8H2,1-2H3. The van der Waals surface area contributed by atoms with Crippen LogP contribution >= 0.6 is 0 Å². The van der Waals surface area contributed by atoms with Gasteiger partial charge in [-0.1, -0.05) is 13.8 Å². The van der Waals surface area contributed by atoms with Gasteiger partial charge in [-0.25, -0.2) is 0 Å². The van der Waals surface area contributed by atoms with Crippen molar-refractivity contribution in [1.82, 2.24) is 4.98 Å². The van der Waals surface area contributed by atoms with Gasteiger partial charge in [0.2, 0.25) is 0 Å². The fourth-order valence-electron chi connectivity index (χ4n) is 1.26. The second kappa shape index (κ2) is 4.75. The van der Waals surface area contributed by atoms with Crippen LogP contribution < -0.4 is 0 Å². The fraction of sp³-hybridized carbons (Fsp3) is 0.455. The van der Waals surface area contributed by atoms with E-state index in [1.54, 1.807) is 12.4 Å². The molecule has 13 heavy (non-hydrogen) atoms. The van der Waals surface area contributed by atoms with Crippen molar-refractivity contribution in [3.63, 3.8) is 0 Å². The summed E-state index contributed by atoms with van der Waals surface area (Å²) in [7, 11) is 0. The van der Waals surface area contributed by atoms with Gasteiger partial charge < -0.3 is 0 Å². The van der Waals surface area contributed by atoms with Crippen molar-refractivity contribution in [2.75, 3.05) is 0 Å². The van der Waals surface area contributed by atoms with E-state index in [0.717, 1.165) is 5.56 Å². The van der Waals surface area contributed by atoms with Gasteiger partial charge in [-0.05, 0) is 23.6 Å². The predicted molar refractivity (Wildman–Crippen MR) is 52.4 cm³/mol. The summed E-state index contributed by atoms with van der Waals surface area (Å²) in [5.41, 5.74) is 1.06. The van der Waals surface area contributed by atoms with Gasteiger partial charge in [-0.15, -0.1) is 0 Å². The minimum absolute atomic E-state index is 0.307. The first-order chi connectivity index (χ1) is 6.18. The number of hydrogen-bond acceptors (Lipinski definition) is 2. The van der Waals surface area contributed by atoms with E-state index in [0.29, 0.717) is 24.5 Å². The molecule has 1 rings (SSSR count). The highest BCUT2D eigenvalue weighted by Crippen LogP contribution is 2.05. The summed E-state index contributed by atoms with van der Waals surface area (Å²) in [6, 6.07) is 3.77. The maximum atomic E-state index is 11.4. The molecule has 0 aliphatic rings. The van der Waals surface area contributed by atoms with E-state index in [-0.39, 0.29) is 0 Å². The minimum atomic E-state index is 0.307. The Kier molecular flexibility index (Phi) is 3.62. The molecule has 0 amide bonds. The molecule has 0 atom stereocenters. The number of nitrogens with zero attached hydrogens (tertiary/aromatic N) is 1. The third kappa shape index (κ3) is 3.83. The summed E-state index contributed by atoms with van der Waals surface area (Å²) in [6.45, 7) is 4.12. The zero-order valence-electron chi connectivity index (χ0n) is 8.16. The van der Waals surface area contributed by atoms with Crippen molar-refractivity contribution in [1.29, 1.82) is 0 Å². The second-order valence-corrected chi connectivity index (χ2v) is 3.67. The molecule has 0 radical (unpaired) electrons. The van der Waals surface area contributed by atoms with Crippen molar-refractivity contribution >= 4 is 5.78 Å². The molecular weight excluding hydrogens is 162 g/mol. The van der Waals surface area contributed by atoms with Gasteiger partial charge >= 0.3 is 0 Å². The normalized spacial score (nSPS) is 10.4. The third-order valence-electron chi connectivity index (χ3n) is 1.79. The van der Waals surface area contributed by atoms with E-state index in [2.05, 4.69) is 18.8 Å².